The number of rotatable bonds is 3. The Kier molecular flexibility index (Phi) is 4.02. The Morgan fingerprint density at radius 1 is 1.47 bits per heavy atom. The van der Waals surface area contributed by atoms with Gasteiger partial charge in [0, 0.05) is 30.1 Å². The zero-order valence-corrected chi connectivity index (χ0v) is 10.6. The van der Waals surface area contributed by atoms with Crippen molar-refractivity contribution < 1.29 is 4.79 Å². The van der Waals surface area contributed by atoms with Crippen LogP contribution in [0.1, 0.15) is 31.4 Å². The van der Waals surface area contributed by atoms with Gasteiger partial charge in [-0.1, -0.05) is 29.8 Å². The van der Waals surface area contributed by atoms with Crippen molar-refractivity contribution in [2.75, 3.05) is 6.54 Å². The van der Waals surface area contributed by atoms with Crippen LogP contribution in [0.5, 0.6) is 0 Å². The van der Waals surface area contributed by atoms with E-state index in [2.05, 4.69) is 17.6 Å². The number of hydrogen-bond acceptors (Lipinski definition) is 2. The van der Waals surface area contributed by atoms with Crippen LogP contribution in [0.2, 0.25) is 5.02 Å². The van der Waals surface area contributed by atoms with Gasteiger partial charge < -0.3 is 10.6 Å². The van der Waals surface area contributed by atoms with E-state index in [0.717, 1.165) is 17.0 Å². The van der Waals surface area contributed by atoms with Gasteiger partial charge in [-0.3, -0.25) is 4.79 Å². The van der Waals surface area contributed by atoms with E-state index >= 15 is 0 Å². The largest absolute Gasteiger partial charge is 0.355 e. The SMILES string of the molecule is CC(NC1CCC(=O)NC1)c1ccccc1Cl. The van der Waals surface area contributed by atoms with Crippen molar-refractivity contribution >= 4 is 17.5 Å². The molecule has 4 heteroatoms. The molecule has 1 aromatic rings. The van der Waals surface area contributed by atoms with Gasteiger partial charge in [-0.15, -0.1) is 0 Å². The molecule has 2 atom stereocenters. The average molecular weight is 253 g/mol. The molecule has 1 saturated heterocycles. The first-order valence-electron chi connectivity index (χ1n) is 5.94. The second-order valence-electron chi connectivity index (χ2n) is 4.45. The predicted octanol–water partition coefficient (Wildman–Crippen LogP) is 2.27. The summed E-state index contributed by atoms with van der Waals surface area (Å²) in [7, 11) is 0. The van der Waals surface area contributed by atoms with Crippen molar-refractivity contribution in [3.05, 3.63) is 34.9 Å². The Morgan fingerprint density at radius 3 is 2.88 bits per heavy atom. The average Bonchev–Trinajstić information content (AvgIpc) is 2.32. The Bertz CT molecular complexity index is 398. The van der Waals surface area contributed by atoms with Gasteiger partial charge in [0.2, 0.25) is 5.91 Å². The molecule has 17 heavy (non-hydrogen) atoms. The number of carbonyl (C=O) groups excluding carboxylic acids is 1. The molecule has 0 spiro atoms. The van der Waals surface area contributed by atoms with E-state index in [4.69, 9.17) is 11.6 Å². The monoisotopic (exact) mass is 252 g/mol. The van der Waals surface area contributed by atoms with Crippen LogP contribution in [0.3, 0.4) is 0 Å². The molecule has 0 saturated carbocycles. The van der Waals surface area contributed by atoms with Crippen LogP contribution in [-0.2, 0) is 4.79 Å². The summed E-state index contributed by atoms with van der Waals surface area (Å²) in [5.74, 6) is 0.147. The number of hydrogen-bond donors (Lipinski definition) is 2. The van der Waals surface area contributed by atoms with Gasteiger partial charge in [0.1, 0.15) is 0 Å². The molecule has 0 radical (unpaired) electrons. The maximum atomic E-state index is 11.1. The summed E-state index contributed by atoms with van der Waals surface area (Å²) in [6, 6.07) is 8.38. The van der Waals surface area contributed by atoms with E-state index in [-0.39, 0.29) is 11.9 Å². The van der Waals surface area contributed by atoms with Gasteiger partial charge in [0.05, 0.1) is 0 Å². The fraction of sp³-hybridized carbons (Fsp3) is 0.462. The molecule has 0 aliphatic carbocycles. The normalized spacial score (nSPS) is 22.0. The molecule has 92 valence electrons. The molecule has 0 bridgehead atoms. The van der Waals surface area contributed by atoms with Crippen LogP contribution in [0.15, 0.2) is 24.3 Å². The summed E-state index contributed by atoms with van der Waals surface area (Å²) in [4.78, 5) is 11.1. The van der Waals surface area contributed by atoms with Crippen LogP contribution in [-0.4, -0.2) is 18.5 Å². The van der Waals surface area contributed by atoms with Gasteiger partial charge in [0.25, 0.3) is 0 Å². The summed E-state index contributed by atoms with van der Waals surface area (Å²) < 4.78 is 0. The van der Waals surface area contributed by atoms with Crippen LogP contribution < -0.4 is 10.6 Å². The highest BCUT2D eigenvalue weighted by Crippen LogP contribution is 2.23. The van der Waals surface area contributed by atoms with Crippen molar-refractivity contribution in [3.8, 4) is 0 Å². The summed E-state index contributed by atoms with van der Waals surface area (Å²) in [6.07, 6.45) is 1.49. The first kappa shape index (κ1) is 12.4. The molecule has 1 aliphatic rings. The molecule has 2 unspecified atom stereocenters. The third kappa shape index (κ3) is 3.20. The number of piperidine rings is 1. The maximum Gasteiger partial charge on any atom is 0.220 e. The minimum Gasteiger partial charge on any atom is -0.355 e. The van der Waals surface area contributed by atoms with Gasteiger partial charge >= 0.3 is 0 Å². The molecule has 2 N–H and O–H groups in total. The summed E-state index contributed by atoms with van der Waals surface area (Å²) >= 11 is 6.15. The van der Waals surface area contributed by atoms with Crippen molar-refractivity contribution in [1.29, 1.82) is 0 Å². The van der Waals surface area contributed by atoms with Gasteiger partial charge in [-0.05, 0) is 25.0 Å². The summed E-state index contributed by atoms with van der Waals surface area (Å²) in [5.41, 5.74) is 1.10. The lowest BCUT2D eigenvalue weighted by molar-refractivity contribution is -0.122. The first-order valence-corrected chi connectivity index (χ1v) is 6.32. The molecule has 0 aromatic heterocycles. The molecular formula is C13H17ClN2O. The van der Waals surface area contributed by atoms with E-state index in [1.165, 1.54) is 0 Å². The molecule has 1 aliphatic heterocycles. The standard InChI is InChI=1S/C13H17ClN2O/c1-9(11-4-2-3-5-12(11)14)16-10-6-7-13(17)15-8-10/h2-5,9-10,16H,6-8H2,1H3,(H,15,17). The second-order valence-corrected chi connectivity index (χ2v) is 4.86. The lowest BCUT2D eigenvalue weighted by Crippen LogP contribution is -2.46. The third-order valence-corrected chi connectivity index (χ3v) is 3.47. The Balaban J connectivity index is 1.95. The van der Waals surface area contributed by atoms with Crippen molar-refractivity contribution in [3.63, 3.8) is 0 Å². The van der Waals surface area contributed by atoms with Crippen LogP contribution in [0.4, 0.5) is 0 Å². The van der Waals surface area contributed by atoms with E-state index < -0.39 is 0 Å². The Labute approximate surface area is 107 Å². The molecule has 3 nitrogen and oxygen atoms in total. The third-order valence-electron chi connectivity index (χ3n) is 3.12. The first-order chi connectivity index (χ1) is 8.16. The van der Waals surface area contributed by atoms with Crippen molar-refractivity contribution in [1.82, 2.24) is 10.6 Å². The molecule has 1 aromatic carbocycles. The minimum atomic E-state index is 0.147. The quantitative estimate of drug-likeness (QED) is 0.867. The lowest BCUT2D eigenvalue weighted by atomic mass is 10.0. The molecule has 1 fully saturated rings. The molecule has 1 heterocycles. The number of benzene rings is 1. The zero-order valence-electron chi connectivity index (χ0n) is 9.87. The zero-order chi connectivity index (χ0) is 12.3. The Morgan fingerprint density at radius 2 is 2.24 bits per heavy atom. The van der Waals surface area contributed by atoms with Gasteiger partial charge in [-0.25, -0.2) is 0 Å². The maximum absolute atomic E-state index is 11.1. The highest BCUT2D eigenvalue weighted by Gasteiger charge is 2.20. The predicted molar refractivity (Wildman–Crippen MR) is 69.0 cm³/mol. The molecule has 2 rings (SSSR count). The minimum absolute atomic E-state index is 0.147. The van der Waals surface area contributed by atoms with Crippen molar-refractivity contribution in [2.24, 2.45) is 0 Å². The van der Waals surface area contributed by atoms with E-state index in [1.54, 1.807) is 0 Å². The smallest absolute Gasteiger partial charge is 0.220 e. The fourth-order valence-corrected chi connectivity index (χ4v) is 2.44. The number of carbonyl (C=O) groups is 1. The van der Waals surface area contributed by atoms with Crippen LogP contribution >= 0.6 is 11.6 Å². The fourth-order valence-electron chi connectivity index (χ4n) is 2.14. The van der Waals surface area contributed by atoms with E-state index in [9.17, 15) is 4.79 Å². The van der Waals surface area contributed by atoms with Gasteiger partial charge in [-0.2, -0.15) is 0 Å². The highest BCUT2D eigenvalue weighted by molar-refractivity contribution is 6.31. The van der Waals surface area contributed by atoms with Gasteiger partial charge in [0.15, 0.2) is 0 Å². The number of nitrogens with one attached hydrogen (secondary N) is 2. The van der Waals surface area contributed by atoms with E-state index in [0.29, 0.717) is 19.0 Å². The number of amides is 1. The molecular weight excluding hydrogens is 236 g/mol. The van der Waals surface area contributed by atoms with Crippen molar-refractivity contribution in [2.45, 2.75) is 31.8 Å². The van der Waals surface area contributed by atoms with Crippen LogP contribution in [0.25, 0.3) is 0 Å². The lowest BCUT2D eigenvalue weighted by Gasteiger charge is -2.27. The highest BCUT2D eigenvalue weighted by atomic mass is 35.5. The number of halogens is 1. The summed E-state index contributed by atoms with van der Waals surface area (Å²) in [5, 5.41) is 7.15. The Hall–Kier alpha value is -1.06. The topological polar surface area (TPSA) is 41.1 Å². The second kappa shape index (κ2) is 5.52. The van der Waals surface area contributed by atoms with E-state index in [1.807, 2.05) is 24.3 Å². The molecule has 1 amide bonds. The van der Waals surface area contributed by atoms with Crippen LogP contribution in [0, 0.1) is 0 Å². The summed E-state index contributed by atoms with van der Waals surface area (Å²) in [6.45, 7) is 2.80.